The summed E-state index contributed by atoms with van der Waals surface area (Å²) in [5, 5.41) is 16.1. The molecule has 1 fully saturated rings. The van der Waals surface area contributed by atoms with Crippen LogP contribution in [0.2, 0.25) is 0 Å². The second-order valence-corrected chi connectivity index (χ2v) is 3.58. The summed E-state index contributed by atoms with van der Waals surface area (Å²) in [5.74, 6) is -0.182. The summed E-state index contributed by atoms with van der Waals surface area (Å²) in [6, 6.07) is 0. The molecule has 1 aliphatic rings. The molecule has 1 heterocycles. The van der Waals surface area contributed by atoms with Gasteiger partial charge in [0.25, 0.3) is 0 Å². The number of nitrogens with one attached hydrogen (secondary N) is 1. The van der Waals surface area contributed by atoms with Crippen LogP contribution >= 0.6 is 0 Å². The fourth-order valence-electron chi connectivity index (χ4n) is 1.52. The lowest BCUT2D eigenvalue weighted by molar-refractivity contribution is -0.137. The van der Waals surface area contributed by atoms with Gasteiger partial charge in [0.2, 0.25) is 0 Å². The van der Waals surface area contributed by atoms with Crippen LogP contribution in [-0.4, -0.2) is 53.5 Å². The molecule has 0 atom stereocenters. The Bertz CT molecular complexity index is 230. The van der Waals surface area contributed by atoms with Crippen molar-refractivity contribution in [3.63, 3.8) is 0 Å². The molecule has 0 bridgehead atoms. The molecule has 0 spiro atoms. The molecule has 1 saturated heterocycles. The summed E-state index contributed by atoms with van der Waals surface area (Å²) in [5.41, 5.74) is 0. The van der Waals surface area contributed by atoms with E-state index in [4.69, 9.17) is 10.5 Å². The highest BCUT2D eigenvalue weighted by Crippen LogP contribution is 2.07. The van der Waals surface area contributed by atoms with Crippen molar-refractivity contribution in [1.82, 2.24) is 9.80 Å². The first kappa shape index (κ1) is 10.8. The van der Waals surface area contributed by atoms with E-state index in [1.165, 1.54) is 0 Å². The van der Waals surface area contributed by atoms with Gasteiger partial charge in [0.15, 0.2) is 5.96 Å². The zero-order valence-electron chi connectivity index (χ0n) is 8.49. The van der Waals surface area contributed by atoms with E-state index in [1.807, 2.05) is 16.8 Å². The smallest absolute Gasteiger partial charge is 0.303 e. The quantitative estimate of drug-likeness (QED) is 0.630. The van der Waals surface area contributed by atoms with Gasteiger partial charge in [-0.15, -0.1) is 0 Å². The molecule has 1 rings (SSSR count). The molecular weight excluding hydrogens is 182 g/mol. The Morgan fingerprint density at radius 1 is 1.50 bits per heavy atom. The van der Waals surface area contributed by atoms with Crippen LogP contribution in [0.4, 0.5) is 0 Å². The van der Waals surface area contributed by atoms with Gasteiger partial charge in [-0.3, -0.25) is 10.2 Å². The molecule has 0 aromatic heterocycles. The number of rotatable bonds is 5. The third-order valence-electron chi connectivity index (χ3n) is 2.44. The number of carboxylic acids is 1. The van der Waals surface area contributed by atoms with E-state index in [1.54, 1.807) is 0 Å². The zero-order chi connectivity index (χ0) is 10.6. The van der Waals surface area contributed by atoms with Crippen LogP contribution in [-0.2, 0) is 4.79 Å². The summed E-state index contributed by atoms with van der Waals surface area (Å²) in [7, 11) is 1.90. The molecule has 80 valence electrons. The van der Waals surface area contributed by atoms with Gasteiger partial charge >= 0.3 is 5.97 Å². The van der Waals surface area contributed by atoms with Crippen LogP contribution in [0.25, 0.3) is 0 Å². The number of unbranched alkanes of at least 4 members (excludes halogenated alkanes) is 1. The van der Waals surface area contributed by atoms with Gasteiger partial charge in [0, 0.05) is 33.1 Å². The predicted octanol–water partition coefficient (Wildman–Crippen LogP) is 0.423. The Hall–Kier alpha value is -1.26. The van der Waals surface area contributed by atoms with E-state index in [0.717, 1.165) is 26.1 Å². The van der Waals surface area contributed by atoms with Crippen LogP contribution in [0.5, 0.6) is 0 Å². The molecule has 5 nitrogen and oxygen atoms in total. The van der Waals surface area contributed by atoms with E-state index in [0.29, 0.717) is 12.4 Å². The summed E-state index contributed by atoms with van der Waals surface area (Å²) >= 11 is 0. The first-order valence-corrected chi connectivity index (χ1v) is 4.87. The van der Waals surface area contributed by atoms with Gasteiger partial charge in [-0.1, -0.05) is 0 Å². The normalized spacial score (nSPS) is 16.5. The Morgan fingerprint density at radius 3 is 2.71 bits per heavy atom. The standard InChI is InChI=1S/C9H17N3O2/c1-11-6-7-12(9(11)10)5-3-2-4-8(13)14/h10H,2-7H2,1H3,(H,13,14). The number of hydrogen-bond donors (Lipinski definition) is 2. The summed E-state index contributed by atoms with van der Waals surface area (Å²) in [6.07, 6.45) is 1.78. The molecule has 14 heavy (non-hydrogen) atoms. The van der Waals surface area contributed by atoms with Gasteiger partial charge in [0.05, 0.1) is 0 Å². The van der Waals surface area contributed by atoms with Crippen molar-refractivity contribution in [1.29, 1.82) is 5.41 Å². The highest BCUT2D eigenvalue weighted by atomic mass is 16.4. The fourth-order valence-corrected chi connectivity index (χ4v) is 1.52. The second-order valence-electron chi connectivity index (χ2n) is 3.58. The highest BCUT2D eigenvalue weighted by Gasteiger charge is 2.20. The first-order valence-electron chi connectivity index (χ1n) is 4.87. The first-order chi connectivity index (χ1) is 6.61. The van der Waals surface area contributed by atoms with Crippen molar-refractivity contribution in [2.45, 2.75) is 19.3 Å². The highest BCUT2D eigenvalue weighted by molar-refractivity contribution is 5.78. The SMILES string of the molecule is CN1CCN(CCCCC(=O)O)C1=N. The van der Waals surface area contributed by atoms with Crippen LogP contribution in [0.3, 0.4) is 0 Å². The topological polar surface area (TPSA) is 67.6 Å². The molecule has 0 amide bonds. The number of hydrogen-bond acceptors (Lipinski definition) is 2. The number of carboxylic acid groups (broad SMARTS) is 1. The number of nitrogens with zero attached hydrogens (tertiary/aromatic N) is 2. The van der Waals surface area contributed by atoms with Crippen molar-refractivity contribution < 1.29 is 9.90 Å². The van der Waals surface area contributed by atoms with Crippen molar-refractivity contribution in [3.05, 3.63) is 0 Å². The van der Waals surface area contributed by atoms with E-state index in [-0.39, 0.29) is 6.42 Å². The molecule has 5 heteroatoms. The summed E-state index contributed by atoms with van der Waals surface area (Å²) in [4.78, 5) is 14.1. The predicted molar refractivity (Wildman–Crippen MR) is 53.4 cm³/mol. The lowest BCUT2D eigenvalue weighted by Crippen LogP contribution is -2.31. The van der Waals surface area contributed by atoms with Crippen molar-refractivity contribution >= 4 is 11.9 Å². The van der Waals surface area contributed by atoms with Gasteiger partial charge in [-0.2, -0.15) is 0 Å². The maximum absolute atomic E-state index is 10.2. The van der Waals surface area contributed by atoms with Crippen LogP contribution in [0, 0.1) is 5.41 Å². The average Bonchev–Trinajstić information content (AvgIpc) is 2.43. The van der Waals surface area contributed by atoms with E-state index in [9.17, 15) is 4.79 Å². The fraction of sp³-hybridized carbons (Fsp3) is 0.778. The Kier molecular flexibility index (Phi) is 3.73. The van der Waals surface area contributed by atoms with E-state index >= 15 is 0 Å². The lowest BCUT2D eigenvalue weighted by atomic mass is 10.2. The second kappa shape index (κ2) is 4.83. The molecule has 1 aliphatic heterocycles. The number of aliphatic carboxylic acids is 1. The third kappa shape index (κ3) is 2.90. The monoisotopic (exact) mass is 199 g/mol. The Labute approximate surface area is 83.8 Å². The maximum Gasteiger partial charge on any atom is 0.303 e. The number of guanidine groups is 1. The molecule has 0 radical (unpaired) electrons. The molecule has 2 N–H and O–H groups in total. The van der Waals surface area contributed by atoms with Crippen molar-refractivity contribution in [2.75, 3.05) is 26.7 Å². The van der Waals surface area contributed by atoms with Crippen LogP contribution in [0.15, 0.2) is 0 Å². The van der Waals surface area contributed by atoms with Crippen molar-refractivity contribution in [3.8, 4) is 0 Å². The average molecular weight is 199 g/mol. The molecule has 0 unspecified atom stereocenters. The van der Waals surface area contributed by atoms with Gasteiger partial charge < -0.3 is 14.9 Å². The van der Waals surface area contributed by atoms with Crippen molar-refractivity contribution in [2.24, 2.45) is 0 Å². The molecule has 0 aliphatic carbocycles. The van der Waals surface area contributed by atoms with E-state index < -0.39 is 5.97 Å². The van der Waals surface area contributed by atoms with Gasteiger partial charge in [-0.25, -0.2) is 0 Å². The number of likely N-dealkylation sites (N-methyl/N-ethyl adjacent to an activating group) is 1. The molecular formula is C9H17N3O2. The molecule has 0 saturated carbocycles. The zero-order valence-corrected chi connectivity index (χ0v) is 8.49. The van der Waals surface area contributed by atoms with Crippen LogP contribution in [0.1, 0.15) is 19.3 Å². The van der Waals surface area contributed by atoms with Crippen LogP contribution < -0.4 is 0 Å². The van der Waals surface area contributed by atoms with E-state index in [2.05, 4.69) is 0 Å². The summed E-state index contributed by atoms with van der Waals surface area (Å²) in [6.45, 7) is 2.59. The minimum atomic E-state index is -0.737. The molecule has 0 aromatic rings. The maximum atomic E-state index is 10.2. The largest absolute Gasteiger partial charge is 0.481 e. The minimum Gasteiger partial charge on any atom is -0.481 e. The number of carbonyl (C=O) groups is 1. The summed E-state index contributed by atoms with van der Waals surface area (Å²) < 4.78 is 0. The third-order valence-corrected chi connectivity index (χ3v) is 2.44. The van der Waals surface area contributed by atoms with Gasteiger partial charge in [0.1, 0.15) is 0 Å². The molecule has 0 aromatic carbocycles. The minimum absolute atomic E-state index is 0.233. The lowest BCUT2D eigenvalue weighted by Gasteiger charge is -2.18. The Morgan fingerprint density at radius 2 is 2.21 bits per heavy atom. The Balaban J connectivity index is 2.13. The van der Waals surface area contributed by atoms with Gasteiger partial charge in [-0.05, 0) is 12.8 Å².